The van der Waals surface area contributed by atoms with Gasteiger partial charge in [-0.05, 0) is 69.4 Å². The molecule has 6 nitrogen and oxygen atoms in total. The first-order valence-corrected chi connectivity index (χ1v) is 13.3. The maximum atomic E-state index is 12.8. The average molecular weight is 473 g/mol. The Balaban J connectivity index is 1.37. The summed E-state index contributed by atoms with van der Waals surface area (Å²) in [5.74, 6) is 0.368. The summed E-state index contributed by atoms with van der Waals surface area (Å²) in [5.41, 5.74) is 8.56. The number of nitrogens with two attached hydrogens (primary N) is 1. The number of primary amides is 1. The number of thiophene rings is 2. The van der Waals surface area contributed by atoms with Crippen molar-refractivity contribution in [1.82, 2.24) is 9.97 Å². The van der Waals surface area contributed by atoms with Crippen LogP contribution in [0.3, 0.4) is 0 Å². The molecule has 0 unspecified atom stereocenters. The summed E-state index contributed by atoms with van der Waals surface area (Å²) >= 11 is 4.72. The maximum Gasteiger partial charge on any atom is 0.251 e. The van der Waals surface area contributed by atoms with E-state index in [0.717, 1.165) is 65.2 Å². The van der Waals surface area contributed by atoms with Gasteiger partial charge >= 0.3 is 0 Å². The third kappa shape index (κ3) is 3.99. The van der Waals surface area contributed by atoms with Crippen LogP contribution in [0.5, 0.6) is 0 Å². The van der Waals surface area contributed by atoms with Crippen molar-refractivity contribution in [2.75, 3.05) is 11.1 Å². The molecule has 0 fully saturated rings. The minimum atomic E-state index is -0.458. The van der Waals surface area contributed by atoms with E-state index in [-0.39, 0.29) is 11.7 Å². The van der Waals surface area contributed by atoms with Gasteiger partial charge in [-0.3, -0.25) is 9.59 Å². The molecule has 3 aromatic rings. The van der Waals surface area contributed by atoms with E-state index in [1.54, 1.807) is 11.3 Å². The molecule has 0 spiro atoms. The summed E-state index contributed by atoms with van der Waals surface area (Å²) in [5, 5.41) is 5.57. The highest BCUT2D eigenvalue weighted by Crippen LogP contribution is 2.40. The molecule has 0 radical (unpaired) electrons. The van der Waals surface area contributed by atoms with Crippen molar-refractivity contribution in [3.8, 4) is 0 Å². The monoisotopic (exact) mass is 472 g/mol. The normalized spacial score (nSPS) is 15.5. The van der Waals surface area contributed by atoms with Crippen molar-refractivity contribution in [1.29, 1.82) is 0 Å². The first-order valence-electron chi connectivity index (χ1n) is 10.7. The van der Waals surface area contributed by atoms with E-state index in [1.165, 1.54) is 51.3 Å². The molecule has 0 aliphatic heterocycles. The van der Waals surface area contributed by atoms with Crippen LogP contribution in [-0.4, -0.2) is 27.5 Å². The molecule has 5 rings (SSSR count). The number of thioether (sulfide) groups is 1. The number of nitrogens with one attached hydrogen (secondary N) is 1. The Morgan fingerprint density at radius 1 is 1.00 bits per heavy atom. The Hall–Kier alpha value is -1.97. The van der Waals surface area contributed by atoms with Crippen molar-refractivity contribution in [3.63, 3.8) is 0 Å². The quantitative estimate of drug-likeness (QED) is 0.416. The van der Waals surface area contributed by atoms with E-state index in [9.17, 15) is 9.59 Å². The van der Waals surface area contributed by atoms with E-state index in [1.807, 2.05) is 6.92 Å². The number of aromatic nitrogens is 2. The van der Waals surface area contributed by atoms with E-state index >= 15 is 0 Å². The van der Waals surface area contributed by atoms with E-state index < -0.39 is 5.91 Å². The molecule has 162 valence electrons. The maximum absolute atomic E-state index is 12.8. The number of amides is 2. The third-order valence-electron chi connectivity index (χ3n) is 5.90. The second-order valence-corrected chi connectivity index (χ2v) is 11.2. The lowest BCUT2D eigenvalue weighted by molar-refractivity contribution is -0.113. The SMILES string of the molecule is Cc1nc(SCC(=O)Nc2sc3c(c2C(N)=O)CCCC3)c2c3c(sc2n1)CCCC3. The molecule has 31 heavy (non-hydrogen) atoms. The molecule has 2 amide bonds. The zero-order valence-corrected chi connectivity index (χ0v) is 19.8. The number of hydrogen-bond acceptors (Lipinski definition) is 7. The highest BCUT2D eigenvalue weighted by molar-refractivity contribution is 8.00. The van der Waals surface area contributed by atoms with Crippen LogP contribution in [0.25, 0.3) is 10.2 Å². The zero-order valence-electron chi connectivity index (χ0n) is 17.4. The Morgan fingerprint density at radius 2 is 1.68 bits per heavy atom. The fraction of sp³-hybridized carbons (Fsp3) is 0.455. The molecule has 3 aromatic heterocycles. The Morgan fingerprint density at radius 3 is 2.42 bits per heavy atom. The first-order chi connectivity index (χ1) is 15.0. The number of anilines is 1. The molecule has 0 bridgehead atoms. The van der Waals surface area contributed by atoms with Gasteiger partial charge in [0.15, 0.2) is 0 Å². The summed E-state index contributed by atoms with van der Waals surface area (Å²) in [6.45, 7) is 1.90. The van der Waals surface area contributed by atoms with Crippen LogP contribution in [0.4, 0.5) is 5.00 Å². The highest BCUT2D eigenvalue weighted by atomic mass is 32.2. The van der Waals surface area contributed by atoms with Gasteiger partial charge in [0.25, 0.3) is 5.91 Å². The van der Waals surface area contributed by atoms with Gasteiger partial charge in [0.1, 0.15) is 20.7 Å². The van der Waals surface area contributed by atoms with Gasteiger partial charge in [-0.15, -0.1) is 22.7 Å². The molecule has 0 saturated carbocycles. The molecule has 2 aliphatic rings. The number of hydrogen-bond donors (Lipinski definition) is 2. The summed E-state index contributed by atoms with van der Waals surface area (Å²) in [6, 6.07) is 0. The number of nitrogens with zero attached hydrogens (tertiary/aromatic N) is 2. The molecule has 0 aromatic carbocycles. The number of rotatable bonds is 5. The minimum absolute atomic E-state index is 0.139. The fourth-order valence-corrected chi connectivity index (χ4v) is 8.12. The fourth-order valence-electron chi connectivity index (χ4n) is 4.54. The Kier molecular flexibility index (Phi) is 5.75. The van der Waals surface area contributed by atoms with Crippen LogP contribution in [-0.2, 0) is 30.5 Å². The van der Waals surface area contributed by atoms with Crippen molar-refractivity contribution < 1.29 is 9.59 Å². The van der Waals surface area contributed by atoms with Gasteiger partial charge in [0, 0.05) is 15.1 Å². The Labute approximate surface area is 193 Å². The van der Waals surface area contributed by atoms with Crippen molar-refractivity contribution in [2.45, 2.75) is 63.3 Å². The van der Waals surface area contributed by atoms with Crippen LogP contribution >= 0.6 is 34.4 Å². The molecule has 3 N–H and O–H groups in total. The van der Waals surface area contributed by atoms with E-state index in [4.69, 9.17) is 5.73 Å². The molecule has 2 aliphatic carbocycles. The van der Waals surface area contributed by atoms with Crippen LogP contribution in [0.1, 0.15) is 62.7 Å². The van der Waals surface area contributed by atoms with Crippen molar-refractivity contribution in [3.05, 3.63) is 32.3 Å². The van der Waals surface area contributed by atoms with Gasteiger partial charge in [-0.1, -0.05) is 11.8 Å². The largest absolute Gasteiger partial charge is 0.365 e. The van der Waals surface area contributed by atoms with Gasteiger partial charge in [-0.25, -0.2) is 9.97 Å². The summed E-state index contributed by atoms with van der Waals surface area (Å²) < 4.78 is 0. The van der Waals surface area contributed by atoms with Crippen molar-refractivity contribution in [2.24, 2.45) is 5.73 Å². The van der Waals surface area contributed by atoms with Crippen LogP contribution in [0, 0.1) is 6.92 Å². The molecular weight excluding hydrogens is 448 g/mol. The summed E-state index contributed by atoms with van der Waals surface area (Å²) in [4.78, 5) is 37.8. The second kappa shape index (κ2) is 8.52. The van der Waals surface area contributed by atoms with Gasteiger partial charge in [-0.2, -0.15) is 0 Å². The second-order valence-electron chi connectivity index (χ2n) is 8.08. The standard InChI is InChI=1S/C22H24N4O2S3/c1-11-24-20(18-13-7-3-5-9-15(13)31-22(18)25-11)29-10-16(27)26-21-17(19(23)28)12-6-2-4-8-14(12)30-21/h2-10H2,1H3,(H2,23,28)(H,26,27). The number of carbonyl (C=O) groups excluding carboxylic acids is 2. The minimum Gasteiger partial charge on any atom is -0.365 e. The van der Waals surface area contributed by atoms with Crippen LogP contribution < -0.4 is 11.1 Å². The average Bonchev–Trinajstić information content (AvgIpc) is 3.29. The van der Waals surface area contributed by atoms with Gasteiger partial charge in [0.05, 0.1) is 11.3 Å². The third-order valence-corrected chi connectivity index (χ3v) is 9.27. The molecule has 3 heterocycles. The molecule has 0 atom stereocenters. The summed E-state index contributed by atoms with van der Waals surface area (Å²) in [7, 11) is 0. The van der Waals surface area contributed by atoms with Gasteiger partial charge in [0.2, 0.25) is 5.91 Å². The van der Waals surface area contributed by atoms with E-state index in [0.29, 0.717) is 10.6 Å². The zero-order chi connectivity index (χ0) is 21.5. The predicted octanol–water partition coefficient (Wildman–Crippen LogP) is 4.65. The number of fused-ring (bicyclic) bond motifs is 4. The summed E-state index contributed by atoms with van der Waals surface area (Å²) in [6.07, 6.45) is 8.57. The highest BCUT2D eigenvalue weighted by Gasteiger charge is 2.25. The predicted molar refractivity (Wildman–Crippen MR) is 128 cm³/mol. The lowest BCUT2D eigenvalue weighted by atomic mass is 9.95. The Bertz CT molecular complexity index is 1200. The molecular formula is C22H24N4O2S3. The topological polar surface area (TPSA) is 98.0 Å². The van der Waals surface area contributed by atoms with E-state index in [2.05, 4.69) is 15.3 Å². The van der Waals surface area contributed by atoms with Crippen LogP contribution in [0.2, 0.25) is 0 Å². The first kappa shape index (κ1) is 20.9. The molecule has 9 heteroatoms. The smallest absolute Gasteiger partial charge is 0.251 e. The molecule has 0 saturated heterocycles. The number of aryl methyl sites for hydroxylation is 4. The number of carbonyl (C=O) groups is 2. The van der Waals surface area contributed by atoms with Gasteiger partial charge < -0.3 is 11.1 Å². The lowest BCUT2D eigenvalue weighted by Gasteiger charge is -2.12. The van der Waals surface area contributed by atoms with Crippen LogP contribution in [0.15, 0.2) is 5.03 Å². The lowest BCUT2D eigenvalue weighted by Crippen LogP contribution is -2.19. The van der Waals surface area contributed by atoms with Crippen molar-refractivity contribution >= 4 is 61.5 Å².